The maximum atomic E-state index is 12.1. The molecule has 2 N–H and O–H groups in total. The lowest BCUT2D eigenvalue weighted by Crippen LogP contribution is -2.22. The molecule has 2 heterocycles. The summed E-state index contributed by atoms with van der Waals surface area (Å²) in [5.74, 6) is 0.987. The first-order valence-electron chi connectivity index (χ1n) is 9.33. The van der Waals surface area contributed by atoms with Crippen molar-refractivity contribution in [3.05, 3.63) is 51.9 Å². The van der Waals surface area contributed by atoms with E-state index >= 15 is 0 Å². The average molecular weight is 384 g/mol. The van der Waals surface area contributed by atoms with Crippen LogP contribution in [0, 0.1) is 12.8 Å². The molecule has 0 aliphatic carbocycles. The van der Waals surface area contributed by atoms with Gasteiger partial charge in [0.2, 0.25) is 0 Å². The van der Waals surface area contributed by atoms with E-state index in [1.54, 1.807) is 25.8 Å². The second-order valence-electron chi connectivity index (χ2n) is 7.18. The second kappa shape index (κ2) is 8.68. The lowest BCUT2D eigenvalue weighted by atomic mass is 10.1. The minimum atomic E-state index is -0.00604. The number of methoxy groups -OCH3 is 2. The Morgan fingerprint density at radius 3 is 2.50 bits per heavy atom. The molecular weight excluding hydrogens is 356 g/mol. The third-order valence-corrected chi connectivity index (χ3v) is 4.91. The summed E-state index contributed by atoms with van der Waals surface area (Å²) in [4.78, 5) is 17.0. The summed E-state index contributed by atoms with van der Waals surface area (Å²) in [6.07, 6.45) is 1.83. The van der Waals surface area contributed by atoms with Gasteiger partial charge in [0.1, 0.15) is 5.82 Å². The highest BCUT2D eigenvalue weighted by Crippen LogP contribution is 2.27. The van der Waals surface area contributed by atoms with Crippen molar-refractivity contribution in [1.82, 2.24) is 14.1 Å². The number of aryl methyl sites for hydroxylation is 2. The van der Waals surface area contributed by atoms with Gasteiger partial charge in [0.15, 0.2) is 0 Å². The van der Waals surface area contributed by atoms with Crippen molar-refractivity contribution >= 4 is 11.0 Å². The Labute approximate surface area is 164 Å². The largest absolute Gasteiger partial charge is 0.384 e. The lowest BCUT2D eigenvalue weighted by Gasteiger charge is -2.18. The van der Waals surface area contributed by atoms with Gasteiger partial charge < -0.3 is 24.3 Å². The smallest absolute Gasteiger partial charge is 0.253 e. The Bertz CT molecular complexity index is 990. The molecule has 150 valence electrons. The van der Waals surface area contributed by atoms with Crippen molar-refractivity contribution < 1.29 is 9.47 Å². The molecule has 0 aliphatic rings. The maximum Gasteiger partial charge on any atom is 0.253 e. The van der Waals surface area contributed by atoms with Crippen molar-refractivity contribution in [3.63, 3.8) is 0 Å². The molecule has 3 aromatic rings. The Hall–Kier alpha value is -2.48. The normalized spacial score (nSPS) is 11.6. The first-order valence-corrected chi connectivity index (χ1v) is 9.33. The molecule has 0 spiro atoms. The number of ether oxygens (including phenoxy) is 2. The highest BCUT2D eigenvalue weighted by atomic mass is 16.5. The van der Waals surface area contributed by atoms with Crippen molar-refractivity contribution in [2.75, 3.05) is 27.4 Å². The molecule has 0 saturated heterocycles. The zero-order chi connectivity index (χ0) is 20.3. The monoisotopic (exact) mass is 384 g/mol. The van der Waals surface area contributed by atoms with Gasteiger partial charge in [0, 0.05) is 57.6 Å². The minimum Gasteiger partial charge on any atom is -0.384 e. The molecule has 3 rings (SSSR count). The van der Waals surface area contributed by atoms with Gasteiger partial charge in [-0.05, 0) is 30.7 Å². The number of rotatable bonds is 8. The van der Waals surface area contributed by atoms with Crippen molar-refractivity contribution in [2.45, 2.75) is 20.0 Å². The predicted molar refractivity (Wildman–Crippen MR) is 110 cm³/mol. The van der Waals surface area contributed by atoms with Gasteiger partial charge in [-0.1, -0.05) is 6.07 Å². The molecule has 0 radical (unpaired) electrons. The first kappa shape index (κ1) is 20.3. The average Bonchev–Trinajstić information content (AvgIpc) is 3.03. The Kier molecular flexibility index (Phi) is 6.28. The number of benzene rings is 1. The number of imidazole rings is 1. The van der Waals surface area contributed by atoms with Crippen molar-refractivity contribution in [1.29, 1.82) is 0 Å². The van der Waals surface area contributed by atoms with E-state index in [-0.39, 0.29) is 11.5 Å². The zero-order valence-corrected chi connectivity index (χ0v) is 16.9. The summed E-state index contributed by atoms with van der Waals surface area (Å²) in [7, 11) is 5.15. The summed E-state index contributed by atoms with van der Waals surface area (Å²) < 4.78 is 14.5. The SMILES string of the molecule is COCC(COC)Cn1c(-c2cc(C)c(=O)n(C)c2)nc2ccc(CN)cc21. The number of nitrogens with zero attached hydrogens (tertiary/aromatic N) is 3. The van der Waals surface area contributed by atoms with Crippen LogP contribution in [0.4, 0.5) is 0 Å². The van der Waals surface area contributed by atoms with Gasteiger partial charge in [0.05, 0.1) is 24.2 Å². The quantitative estimate of drug-likeness (QED) is 0.643. The molecule has 0 saturated carbocycles. The van der Waals surface area contributed by atoms with Gasteiger partial charge in [-0.3, -0.25) is 4.79 Å². The molecule has 0 unspecified atom stereocenters. The molecule has 0 fully saturated rings. The third kappa shape index (κ3) is 4.01. The van der Waals surface area contributed by atoms with E-state index in [9.17, 15) is 4.79 Å². The van der Waals surface area contributed by atoms with Crippen LogP contribution in [0.1, 0.15) is 11.1 Å². The number of hydrogen-bond acceptors (Lipinski definition) is 5. The van der Waals surface area contributed by atoms with Crippen LogP contribution in [-0.2, 0) is 29.6 Å². The third-order valence-electron chi connectivity index (χ3n) is 4.91. The number of fused-ring (bicyclic) bond motifs is 1. The van der Waals surface area contributed by atoms with Gasteiger partial charge in [-0.15, -0.1) is 0 Å². The predicted octanol–water partition coefficient (Wildman–Crippen LogP) is 2.08. The lowest BCUT2D eigenvalue weighted by molar-refractivity contribution is 0.0769. The van der Waals surface area contributed by atoms with Crippen LogP contribution in [0.15, 0.2) is 35.3 Å². The molecule has 0 bridgehead atoms. The fourth-order valence-electron chi connectivity index (χ4n) is 3.58. The first-order chi connectivity index (χ1) is 13.5. The summed E-state index contributed by atoms with van der Waals surface area (Å²) in [6, 6.07) is 7.97. The zero-order valence-electron chi connectivity index (χ0n) is 16.9. The van der Waals surface area contributed by atoms with Crippen molar-refractivity contribution in [2.24, 2.45) is 18.7 Å². The van der Waals surface area contributed by atoms with E-state index in [1.807, 2.05) is 31.3 Å². The van der Waals surface area contributed by atoms with Crippen LogP contribution >= 0.6 is 0 Å². The standard InChI is InChI=1S/C21H28N4O3/c1-14-7-17(11-24(2)21(14)26)20-23-18-6-5-15(9-22)8-19(18)25(20)10-16(12-27-3)13-28-4/h5-8,11,16H,9-10,12-13,22H2,1-4H3. The number of pyridine rings is 1. The fourth-order valence-corrected chi connectivity index (χ4v) is 3.58. The number of nitrogens with two attached hydrogens (primary N) is 1. The van der Waals surface area contributed by atoms with Gasteiger partial charge in [-0.25, -0.2) is 4.98 Å². The molecule has 0 amide bonds. The summed E-state index contributed by atoms with van der Waals surface area (Å²) in [5, 5.41) is 0. The summed E-state index contributed by atoms with van der Waals surface area (Å²) in [5.41, 5.74) is 10.4. The van der Waals surface area contributed by atoms with E-state index in [0.717, 1.165) is 28.0 Å². The van der Waals surface area contributed by atoms with Crippen LogP contribution in [0.3, 0.4) is 0 Å². The van der Waals surface area contributed by atoms with E-state index in [2.05, 4.69) is 10.6 Å². The van der Waals surface area contributed by atoms with E-state index < -0.39 is 0 Å². The Balaban J connectivity index is 2.19. The molecule has 1 aromatic carbocycles. The van der Waals surface area contributed by atoms with Crippen LogP contribution in [0.2, 0.25) is 0 Å². The molecule has 0 aliphatic heterocycles. The van der Waals surface area contributed by atoms with Gasteiger partial charge in [-0.2, -0.15) is 0 Å². The van der Waals surface area contributed by atoms with Crippen LogP contribution in [0.5, 0.6) is 0 Å². The molecule has 28 heavy (non-hydrogen) atoms. The number of hydrogen-bond donors (Lipinski definition) is 1. The van der Waals surface area contributed by atoms with Crippen LogP contribution < -0.4 is 11.3 Å². The Morgan fingerprint density at radius 1 is 1.18 bits per heavy atom. The van der Waals surface area contributed by atoms with E-state index in [4.69, 9.17) is 20.2 Å². The fraction of sp³-hybridized carbons (Fsp3) is 0.429. The molecule has 0 atom stereocenters. The summed E-state index contributed by atoms with van der Waals surface area (Å²) in [6.45, 7) is 4.13. The molecule has 2 aromatic heterocycles. The second-order valence-corrected chi connectivity index (χ2v) is 7.18. The highest BCUT2D eigenvalue weighted by Gasteiger charge is 2.18. The van der Waals surface area contributed by atoms with Gasteiger partial charge in [0.25, 0.3) is 5.56 Å². The van der Waals surface area contributed by atoms with E-state index in [0.29, 0.717) is 31.9 Å². The molecule has 7 nitrogen and oxygen atoms in total. The highest BCUT2D eigenvalue weighted by molar-refractivity contribution is 5.81. The molecule has 7 heteroatoms. The van der Waals surface area contributed by atoms with Gasteiger partial charge >= 0.3 is 0 Å². The minimum absolute atomic E-state index is 0.00604. The number of aromatic nitrogens is 3. The van der Waals surface area contributed by atoms with Crippen LogP contribution in [0.25, 0.3) is 22.4 Å². The van der Waals surface area contributed by atoms with Crippen molar-refractivity contribution in [3.8, 4) is 11.4 Å². The Morgan fingerprint density at radius 2 is 1.89 bits per heavy atom. The summed E-state index contributed by atoms with van der Waals surface area (Å²) >= 11 is 0. The van der Waals surface area contributed by atoms with Crippen LogP contribution in [-0.4, -0.2) is 41.6 Å². The van der Waals surface area contributed by atoms with E-state index in [1.165, 1.54) is 0 Å². The topological polar surface area (TPSA) is 84.3 Å². The molecular formula is C21H28N4O3. The maximum absolute atomic E-state index is 12.1.